The summed E-state index contributed by atoms with van der Waals surface area (Å²) in [6.07, 6.45) is 1.82. The molecule has 0 saturated heterocycles. The third-order valence-corrected chi connectivity index (χ3v) is 3.09. The van der Waals surface area contributed by atoms with Gasteiger partial charge in [-0.15, -0.1) is 0 Å². The zero-order valence-corrected chi connectivity index (χ0v) is 11.7. The number of aryl methyl sites for hydroxylation is 1. The zero-order valence-electron chi connectivity index (χ0n) is 11.7. The molecule has 0 aliphatic rings. The van der Waals surface area contributed by atoms with Crippen LogP contribution in [-0.2, 0) is 13.0 Å². The van der Waals surface area contributed by atoms with Crippen LogP contribution in [0.3, 0.4) is 0 Å². The first-order chi connectivity index (χ1) is 9.79. The summed E-state index contributed by atoms with van der Waals surface area (Å²) >= 11 is 0. The van der Waals surface area contributed by atoms with Crippen LogP contribution < -0.4 is 10.1 Å². The van der Waals surface area contributed by atoms with Crippen molar-refractivity contribution in [2.45, 2.75) is 19.4 Å². The number of rotatable bonds is 7. The lowest BCUT2D eigenvalue weighted by molar-refractivity contribution is 0.295. The van der Waals surface area contributed by atoms with Gasteiger partial charge in [-0.3, -0.25) is 0 Å². The second kappa shape index (κ2) is 7.65. The van der Waals surface area contributed by atoms with E-state index < -0.39 is 0 Å². The van der Waals surface area contributed by atoms with Crippen molar-refractivity contribution in [2.75, 3.05) is 13.7 Å². The van der Waals surface area contributed by atoms with E-state index in [0.717, 1.165) is 18.4 Å². The molecular weight excluding hydrogens is 253 g/mol. The van der Waals surface area contributed by atoms with Crippen LogP contribution in [0.4, 0.5) is 4.39 Å². The highest BCUT2D eigenvalue weighted by atomic mass is 19.1. The van der Waals surface area contributed by atoms with E-state index in [1.54, 1.807) is 6.07 Å². The highest BCUT2D eigenvalue weighted by Crippen LogP contribution is 2.18. The zero-order chi connectivity index (χ0) is 14.2. The molecule has 20 heavy (non-hydrogen) atoms. The minimum atomic E-state index is -0.294. The summed E-state index contributed by atoms with van der Waals surface area (Å²) < 4.78 is 19.3. The molecule has 0 spiro atoms. The Bertz CT molecular complexity index is 528. The molecule has 0 aliphatic heterocycles. The van der Waals surface area contributed by atoms with Gasteiger partial charge in [0.25, 0.3) is 0 Å². The molecule has 0 radical (unpaired) electrons. The van der Waals surface area contributed by atoms with E-state index in [1.807, 2.05) is 31.3 Å². The predicted molar refractivity (Wildman–Crippen MR) is 79.4 cm³/mol. The molecule has 2 nitrogen and oxygen atoms in total. The molecule has 2 aromatic rings. The van der Waals surface area contributed by atoms with Crippen LogP contribution >= 0.6 is 0 Å². The van der Waals surface area contributed by atoms with Crippen LogP contribution in [0.5, 0.6) is 5.75 Å². The Balaban J connectivity index is 1.79. The third-order valence-electron chi connectivity index (χ3n) is 3.09. The summed E-state index contributed by atoms with van der Waals surface area (Å²) in [5.41, 5.74) is 2.20. The average molecular weight is 273 g/mol. The van der Waals surface area contributed by atoms with E-state index in [-0.39, 0.29) is 5.82 Å². The third kappa shape index (κ3) is 4.35. The van der Waals surface area contributed by atoms with Gasteiger partial charge in [0.05, 0.1) is 6.61 Å². The molecular formula is C17H20FNO. The molecule has 0 saturated carbocycles. The van der Waals surface area contributed by atoms with E-state index in [4.69, 9.17) is 4.74 Å². The molecule has 106 valence electrons. The van der Waals surface area contributed by atoms with Gasteiger partial charge < -0.3 is 10.1 Å². The Hall–Kier alpha value is -1.87. The maximum Gasteiger partial charge on any atom is 0.165 e. The number of halogens is 1. The van der Waals surface area contributed by atoms with Gasteiger partial charge >= 0.3 is 0 Å². The summed E-state index contributed by atoms with van der Waals surface area (Å²) in [7, 11) is 1.84. The Labute approximate surface area is 119 Å². The van der Waals surface area contributed by atoms with Crippen LogP contribution in [0.2, 0.25) is 0 Å². The highest BCUT2D eigenvalue weighted by molar-refractivity contribution is 5.29. The second-order valence-electron chi connectivity index (χ2n) is 4.73. The fraction of sp³-hybridized carbons (Fsp3) is 0.294. The summed E-state index contributed by atoms with van der Waals surface area (Å²) in [4.78, 5) is 0. The van der Waals surface area contributed by atoms with Crippen molar-refractivity contribution < 1.29 is 9.13 Å². The van der Waals surface area contributed by atoms with Crippen molar-refractivity contribution in [3.05, 3.63) is 65.5 Å². The normalized spacial score (nSPS) is 10.5. The van der Waals surface area contributed by atoms with Crippen molar-refractivity contribution in [3.8, 4) is 5.75 Å². The van der Waals surface area contributed by atoms with Crippen LogP contribution in [0.25, 0.3) is 0 Å². The topological polar surface area (TPSA) is 21.3 Å². The Kier molecular flexibility index (Phi) is 5.56. The van der Waals surface area contributed by atoms with Crippen LogP contribution in [-0.4, -0.2) is 13.7 Å². The molecule has 0 atom stereocenters. The largest absolute Gasteiger partial charge is 0.491 e. The molecule has 2 rings (SSSR count). The fourth-order valence-corrected chi connectivity index (χ4v) is 2.08. The molecule has 0 aromatic heterocycles. The Morgan fingerprint density at radius 2 is 1.85 bits per heavy atom. The van der Waals surface area contributed by atoms with Crippen LogP contribution in [0.1, 0.15) is 17.5 Å². The second-order valence-corrected chi connectivity index (χ2v) is 4.73. The lowest BCUT2D eigenvalue weighted by Crippen LogP contribution is -2.06. The number of nitrogens with one attached hydrogen (secondary N) is 1. The predicted octanol–water partition coefficient (Wildman–Crippen LogP) is 3.56. The summed E-state index contributed by atoms with van der Waals surface area (Å²) in [5, 5.41) is 2.99. The number of ether oxygens (including phenoxy) is 1. The van der Waals surface area contributed by atoms with Crippen molar-refractivity contribution in [1.29, 1.82) is 0 Å². The summed E-state index contributed by atoms with van der Waals surface area (Å²) in [5.74, 6) is 0.0374. The van der Waals surface area contributed by atoms with Gasteiger partial charge in [-0.25, -0.2) is 4.39 Å². The van der Waals surface area contributed by atoms with E-state index in [1.165, 1.54) is 11.6 Å². The molecule has 3 heteroatoms. The van der Waals surface area contributed by atoms with E-state index >= 15 is 0 Å². The maximum absolute atomic E-state index is 13.8. The molecule has 0 unspecified atom stereocenters. The molecule has 0 fully saturated rings. The fourth-order valence-electron chi connectivity index (χ4n) is 2.08. The van der Waals surface area contributed by atoms with Gasteiger partial charge in [0.2, 0.25) is 0 Å². The molecule has 0 heterocycles. The van der Waals surface area contributed by atoms with E-state index in [2.05, 4.69) is 17.4 Å². The number of hydrogen-bond donors (Lipinski definition) is 1. The summed E-state index contributed by atoms with van der Waals surface area (Å²) in [6, 6.07) is 15.3. The van der Waals surface area contributed by atoms with Gasteiger partial charge in [-0.1, -0.05) is 36.4 Å². The van der Waals surface area contributed by atoms with Crippen LogP contribution in [0, 0.1) is 5.82 Å². The average Bonchev–Trinajstić information content (AvgIpc) is 2.47. The first-order valence-electron chi connectivity index (χ1n) is 6.89. The number of benzene rings is 2. The minimum absolute atomic E-state index is 0.294. The van der Waals surface area contributed by atoms with E-state index in [0.29, 0.717) is 18.9 Å². The lowest BCUT2D eigenvalue weighted by atomic mass is 10.1. The first kappa shape index (κ1) is 14.5. The Morgan fingerprint density at radius 1 is 1.05 bits per heavy atom. The molecule has 0 bridgehead atoms. The van der Waals surface area contributed by atoms with Crippen molar-refractivity contribution in [3.63, 3.8) is 0 Å². The van der Waals surface area contributed by atoms with Gasteiger partial charge in [0.15, 0.2) is 11.6 Å². The quantitative estimate of drug-likeness (QED) is 0.779. The first-order valence-corrected chi connectivity index (χ1v) is 6.89. The molecule has 0 amide bonds. The standard InChI is InChI=1S/C17H20FNO/c1-19-13-15-9-10-17(16(18)12-15)20-11-5-8-14-6-3-2-4-7-14/h2-4,6-7,9-10,12,19H,5,8,11,13H2,1H3. The van der Waals surface area contributed by atoms with Crippen molar-refractivity contribution in [2.24, 2.45) is 0 Å². The molecule has 2 aromatic carbocycles. The van der Waals surface area contributed by atoms with Gasteiger partial charge in [0.1, 0.15) is 0 Å². The van der Waals surface area contributed by atoms with Crippen molar-refractivity contribution in [1.82, 2.24) is 5.32 Å². The maximum atomic E-state index is 13.8. The lowest BCUT2D eigenvalue weighted by Gasteiger charge is -2.09. The Morgan fingerprint density at radius 3 is 2.55 bits per heavy atom. The highest BCUT2D eigenvalue weighted by Gasteiger charge is 2.04. The van der Waals surface area contributed by atoms with Gasteiger partial charge in [-0.2, -0.15) is 0 Å². The van der Waals surface area contributed by atoms with Crippen molar-refractivity contribution >= 4 is 0 Å². The smallest absolute Gasteiger partial charge is 0.165 e. The molecule has 1 N–H and O–H groups in total. The monoisotopic (exact) mass is 273 g/mol. The van der Waals surface area contributed by atoms with E-state index in [9.17, 15) is 4.39 Å². The van der Waals surface area contributed by atoms with Gasteiger partial charge in [-0.05, 0) is 43.1 Å². The SMILES string of the molecule is CNCc1ccc(OCCCc2ccccc2)c(F)c1. The minimum Gasteiger partial charge on any atom is -0.491 e. The van der Waals surface area contributed by atoms with Crippen LogP contribution in [0.15, 0.2) is 48.5 Å². The molecule has 0 aliphatic carbocycles. The number of hydrogen-bond acceptors (Lipinski definition) is 2. The summed E-state index contributed by atoms with van der Waals surface area (Å²) in [6.45, 7) is 1.18. The van der Waals surface area contributed by atoms with Gasteiger partial charge in [0, 0.05) is 6.54 Å².